The van der Waals surface area contributed by atoms with Gasteiger partial charge in [0.2, 0.25) is 11.8 Å². The van der Waals surface area contributed by atoms with E-state index in [9.17, 15) is 19.2 Å². The van der Waals surface area contributed by atoms with Gasteiger partial charge in [0.25, 0.3) is 5.91 Å². The maximum Gasteiger partial charge on any atom is 0.408 e. The standard InChI is InChI=1S/C25H39IN4O5/c1-14(2)17-11-18(13-19(26)12-17)22(32)28-10-9-27-21(31)16(5)29-23(33)20(15(3)4)30-24(34)35-25(6,7)8/h11-16,20H,9-10H2,1-8H3,(H,27,31)(H,28,32)(H,29,33)(H,30,34)/t16-,20-/m1/s1. The fourth-order valence-corrected chi connectivity index (χ4v) is 3.73. The number of amides is 4. The van der Waals surface area contributed by atoms with E-state index in [1.165, 1.54) is 0 Å². The molecule has 0 radical (unpaired) electrons. The number of carbonyl (C=O) groups is 4. The predicted octanol–water partition coefficient (Wildman–Crippen LogP) is 3.31. The van der Waals surface area contributed by atoms with Gasteiger partial charge >= 0.3 is 6.09 Å². The van der Waals surface area contributed by atoms with E-state index in [2.05, 4.69) is 57.7 Å². The number of hydrogen-bond donors (Lipinski definition) is 4. The molecule has 0 aliphatic rings. The molecule has 9 nitrogen and oxygen atoms in total. The monoisotopic (exact) mass is 602 g/mol. The molecular formula is C25H39IN4O5. The first kappa shape index (κ1) is 30.7. The Morgan fingerprint density at radius 3 is 2.03 bits per heavy atom. The summed E-state index contributed by atoms with van der Waals surface area (Å²) < 4.78 is 6.20. The maximum atomic E-state index is 12.7. The molecule has 0 aliphatic heterocycles. The minimum Gasteiger partial charge on any atom is -0.444 e. The summed E-state index contributed by atoms with van der Waals surface area (Å²) in [5, 5.41) is 10.7. The zero-order chi connectivity index (χ0) is 26.9. The molecule has 0 bridgehead atoms. The van der Waals surface area contributed by atoms with Crippen molar-refractivity contribution >= 4 is 46.4 Å². The van der Waals surface area contributed by atoms with Gasteiger partial charge < -0.3 is 26.0 Å². The Bertz CT molecular complexity index is 912. The van der Waals surface area contributed by atoms with Crippen LogP contribution in [0.5, 0.6) is 0 Å². The molecule has 0 aromatic heterocycles. The van der Waals surface area contributed by atoms with Crippen LogP contribution in [-0.2, 0) is 14.3 Å². The highest BCUT2D eigenvalue weighted by Gasteiger charge is 2.28. The molecule has 0 aliphatic carbocycles. The second-order valence-electron chi connectivity index (χ2n) is 10.1. The number of ether oxygens (including phenoxy) is 1. The highest BCUT2D eigenvalue weighted by Crippen LogP contribution is 2.19. The van der Waals surface area contributed by atoms with E-state index in [0.29, 0.717) is 11.5 Å². The lowest BCUT2D eigenvalue weighted by Gasteiger charge is -2.26. The van der Waals surface area contributed by atoms with E-state index in [1.807, 2.05) is 18.2 Å². The number of hydrogen-bond acceptors (Lipinski definition) is 5. The summed E-state index contributed by atoms with van der Waals surface area (Å²) in [5.41, 5.74) is 0.964. The van der Waals surface area contributed by atoms with Crippen molar-refractivity contribution in [2.24, 2.45) is 5.92 Å². The van der Waals surface area contributed by atoms with Gasteiger partial charge in [0.05, 0.1) is 0 Å². The fraction of sp³-hybridized carbons (Fsp3) is 0.600. The van der Waals surface area contributed by atoms with E-state index in [4.69, 9.17) is 4.74 Å². The zero-order valence-electron chi connectivity index (χ0n) is 21.9. The van der Waals surface area contributed by atoms with Crippen molar-refractivity contribution in [2.75, 3.05) is 13.1 Å². The van der Waals surface area contributed by atoms with Crippen LogP contribution in [0.1, 0.15) is 77.2 Å². The molecule has 0 spiro atoms. The van der Waals surface area contributed by atoms with Gasteiger partial charge in [0.1, 0.15) is 17.7 Å². The first-order valence-corrected chi connectivity index (χ1v) is 12.8. The van der Waals surface area contributed by atoms with Crippen LogP contribution in [0.4, 0.5) is 4.79 Å². The summed E-state index contributed by atoms with van der Waals surface area (Å²) in [7, 11) is 0. The molecular weight excluding hydrogens is 563 g/mol. The first-order chi connectivity index (χ1) is 16.1. The first-order valence-electron chi connectivity index (χ1n) is 11.8. The van der Waals surface area contributed by atoms with E-state index in [1.54, 1.807) is 41.5 Å². The second-order valence-corrected chi connectivity index (χ2v) is 11.3. The van der Waals surface area contributed by atoms with Gasteiger partial charge in [-0.05, 0) is 85.9 Å². The topological polar surface area (TPSA) is 126 Å². The van der Waals surface area contributed by atoms with Crippen LogP contribution in [-0.4, -0.2) is 54.6 Å². The molecule has 0 fully saturated rings. The van der Waals surface area contributed by atoms with Crippen molar-refractivity contribution < 1.29 is 23.9 Å². The van der Waals surface area contributed by atoms with Crippen LogP contribution in [0.15, 0.2) is 18.2 Å². The molecule has 2 atom stereocenters. The average Bonchev–Trinajstić information content (AvgIpc) is 2.72. The molecule has 1 aromatic carbocycles. The molecule has 35 heavy (non-hydrogen) atoms. The third kappa shape index (κ3) is 11.3. The van der Waals surface area contributed by atoms with Crippen LogP contribution < -0.4 is 21.3 Å². The van der Waals surface area contributed by atoms with Crippen molar-refractivity contribution in [1.29, 1.82) is 0 Å². The van der Waals surface area contributed by atoms with Gasteiger partial charge in [0, 0.05) is 22.2 Å². The maximum absolute atomic E-state index is 12.7. The van der Waals surface area contributed by atoms with Crippen molar-refractivity contribution in [3.05, 3.63) is 32.9 Å². The average molecular weight is 603 g/mol. The number of carbonyl (C=O) groups excluding carboxylic acids is 4. The highest BCUT2D eigenvalue weighted by atomic mass is 127. The van der Waals surface area contributed by atoms with Gasteiger partial charge in [-0.1, -0.05) is 27.7 Å². The molecule has 196 valence electrons. The van der Waals surface area contributed by atoms with E-state index in [-0.39, 0.29) is 24.9 Å². The van der Waals surface area contributed by atoms with E-state index >= 15 is 0 Å². The van der Waals surface area contributed by atoms with E-state index < -0.39 is 35.6 Å². The number of halogens is 1. The normalized spacial score (nSPS) is 13.1. The summed E-state index contributed by atoms with van der Waals surface area (Å²) in [5.74, 6) is -1.01. The number of alkyl carbamates (subject to hydrolysis) is 1. The summed E-state index contributed by atoms with van der Waals surface area (Å²) in [6.07, 6.45) is -0.701. The van der Waals surface area contributed by atoms with Crippen molar-refractivity contribution in [3.8, 4) is 0 Å². The third-order valence-corrected chi connectivity index (χ3v) is 5.55. The van der Waals surface area contributed by atoms with E-state index in [0.717, 1.165) is 9.13 Å². The fourth-order valence-electron chi connectivity index (χ4n) is 3.03. The Balaban J connectivity index is 2.54. The Hall–Kier alpha value is -2.37. The predicted molar refractivity (Wildman–Crippen MR) is 144 cm³/mol. The summed E-state index contributed by atoms with van der Waals surface area (Å²) in [6, 6.07) is 4.04. The largest absolute Gasteiger partial charge is 0.444 e. The minimum atomic E-state index is -0.858. The molecule has 10 heteroatoms. The Morgan fingerprint density at radius 1 is 0.886 bits per heavy atom. The molecule has 0 unspecified atom stereocenters. The van der Waals surface area contributed by atoms with Crippen LogP contribution in [0, 0.1) is 9.49 Å². The lowest BCUT2D eigenvalue weighted by Crippen LogP contribution is -2.55. The number of benzene rings is 1. The zero-order valence-corrected chi connectivity index (χ0v) is 24.0. The van der Waals surface area contributed by atoms with Gasteiger partial charge in [-0.15, -0.1) is 0 Å². The lowest BCUT2D eigenvalue weighted by molar-refractivity contribution is -0.130. The molecule has 0 saturated carbocycles. The summed E-state index contributed by atoms with van der Waals surface area (Å²) >= 11 is 2.19. The second kappa shape index (κ2) is 13.6. The molecule has 0 heterocycles. The minimum absolute atomic E-state index is 0.204. The molecule has 1 rings (SSSR count). The SMILES string of the molecule is CC(C)c1cc(I)cc(C(=O)NCCNC(=O)[C@@H](C)NC(=O)[C@H](NC(=O)OC(C)(C)C)C(C)C)c1. The van der Waals surface area contributed by atoms with Gasteiger partial charge in [-0.25, -0.2) is 4.79 Å². The lowest BCUT2D eigenvalue weighted by atomic mass is 10.0. The van der Waals surface area contributed by atoms with Gasteiger partial charge in [0.15, 0.2) is 0 Å². The molecule has 4 amide bonds. The van der Waals surface area contributed by atoms with Gasteiger partial charge in [-0.2, -0.15) is 0 Å². The number of nitrogens with one attached hydrogen (secondary N) is 4. The highest BCUT2D eigenvalue weighted by molar-refractivity contribution is 14.1. The Kier molecular flexibility index (Phi) is 12.0. The molecule has 4 N–H and O–H groups in total. The van der Waals surface area contributed by atoms with Crippen molar-refractivity contribution in [1.82, 2.24) is 21.3 Å². The quantitative estimate of drug-likeness (QED) is 0.242. The Labute approximate surface area is 222 Å². The van der Waals surface area contributed by atoms with Crippen LogP contribution in [0.3, 0.4) is 0 Å². The molecule has 1 aromatic rings. The molecule has 0 saturated heterocycles. The van der Waals surface area contributed by atoms with Crippen LogP contribution in [0.2, 0.25) is 0 Å². The number of rotatable bonds is 10. The van der Waals surface area contributed by atoms with Gasteiger partial charge in [-0.3, -0.25) is 14.4 Å². The smallest absolute Gasteiger partial charge is 0.408 e. The summed E-state index contributed by atoms with van der Waals surface area (Å²) in [4.78, 5) is 49.6. The third-order valence-electron chi connectivity index (χ3n) is 4.93. The Morgan fingerprint density at radius 2 is 1.49 bits per heavy atom. The van der Waals surface area contributed by atoms with Crippen molar-refractivity contribution in [2.45, 2.75) is 79.0 Å². The van der Waals surface area contributed by atoms with Crippen LogP contribution in [0.25, 0.3) is 0 Å². The summed E-state index contributed by atoms with van der Waals surface area (Å²) in [6.45, 7) is 14.9. The van der Waals surface area contributed by atoms with Crippen molar-refractivity contribution in [3.63, 3.8) is 0 Å². The van der Waals surface area contributed by atoms with Crippen LogP contribution >= 0.6 is 22.6 Å².